The van der Waals surface area contributed by atoms with Gasteiger partial charge in [-0.15, -0.1) is 0 Å². The number of allylic oxidation sites excluding steroid dienone is 2. The molecule has 1 aromatic carbocycles. The number of carbonyl (C=O) groups is 1. The number of halogens is 3. The number of hydrogen-bond acceptors (Lipinski definition) is 3. The Balaban J connectivity index is 2.29. The van der Waals surface area contributed by atoms with Crippen LogP contribution in [-0.2, 0) is 4.79 Å². The van der Waals surface area contributed by atoms with E-state index < -0.39 is 0 Å². The molecule has 0 heterocycles. The van der Waals surface area contributed by atoms with E-state index in [2.05, 4.69) is 0 Å². The van der Waals surface area contributed by atoms with E-state index >= 15 is 0 Å². The SMILES string of the molecule is O=C1C=CC(N(Cl)c2cc(Cl)c(O)c(Cl)c2)C=C1. The van der Waals surface area contributed by atoms with E-state index in [4.69, 9.17) is 35.0 Å². The molecule has 1 aromatic rings. The predicted molar refractivity (Wildman–Crippen MR) is 73.5 cm³/mol. The van der Waals surface area contributed by atoms with Gasteiger partial charge in [0.25, 0.3) is 0 Å². The number of hydrogen-bond donors (Lipinski definition) is 1. The van der Waals surface area contributed by atoms with E-state index in [1.54, 1.807) is 12.2 Å². The van der Waals surface area contributed by atoms with E-state index in [-0.39, 0.29) is 27.6 Å². The molecular formula is C12H8Cl3NO2. The zero-order valence-corrected chi connectivity index (χ0v) is 11.2. The number of aromatic hydroxyl groups is 1. The molecule has 94 valence electrons. The molecule has 0 aromatic heterocycles. The summed E-state index contributed by atoms with van der Waals surface area (Å²) in [6.45, 7) is 0. The maximum atomic E-state index is 11.0. The zero-order valence-electron chi connectivity index (χ0n) is 8.98. The largest absolute Gasteiger partial charge is 0.505 e. The fraction of sp³-hybridized carbons (Fsp3) is 0.0833. The van der Waals surface area contributed by atoms with Crippen LogP contribution in [0.2, 0.25) is 10.0 Å². The van der Waals surface area contributed by atoms with Gasteiger partial charge in [0.05, 0.1) is 21.8 Å². The molecule has 0 bridgehead atoms. The Labute approximate surface area is 119 Å². The van der Waals surface area contributed by atoms with Crippen molar-refractivity contribution in [3.63, 3.8) is 0 Å². The van der Waals surface area contributed by atoms with Crippen LogP contribution < -0.4 is 4.42 Å². The first-order chi connectivity index (χ1) is 8.49. The van der Waals surface area contributed by atoms with E-state index in [1.165, 1.54) is 28.7 Å². The van der Waals surface area contributed by atoms with Crippen molar-refractivity contribution in [2.75, 3.05) is 4.42 Å². The summed E-state index contributed by atoms with van der Waals surface area (Å²) in [5.41, 5.74) is 0.526. The second-order valence-electron chi connectivity index (χ2n) is 3.68. The van der Waals surface area contributed by atoms with Crippen molar-refractivity contribution in [2.24, 2.45) is 0 Å². The minimum Gasteiger partial charge on any atom is -0.505 e. The molecule has 6 heteroatoms. The van der Waals surface area contributed by atoms with E-state index in [0.29, 0.717) is 5.69 Å². The summed E-state index contributed by atoms with van der Waals surface area (Å²) >= 11 is 17.8. The monoisotopic (exact) mass is 303 g/mol. The van der Waals surface area contributed by atoms with Crippen LogP contribution in [0.5, 0.6) is 5.75 Å². The number of rotatable bonds is 2. The fourth-order valence-corrected chi connectivity index (χ4v) is 2.21. The third kappa shape index (κ3) is 2.64. The van der Waals surface area contributed by atoms with E-state index in [0.717, 1.165) is 0 Å². The lowest BCUT2D eigenvalue weighted by atomic mass is 10.1. The Bertz CT molecular complexity index is 515. The Morgan fingerprint density at radius 1 is 1.11 bits per heavy atom. The summed E-state index contributed by atoms with van der Waals surface area (Å²) in [5.74, 6) is -0.268. The summed E-state index contributed by atoms with van der Waals surface area (Å²) in [6, 6.07) is 2.71. The molecule has 0 spiro atoms. The van der Waals surface area contributed by atoms with Gasteiger partial charge in [0.1, 0.15) is 0 Å². The van der Waals surface area contributed by atoms with Gasteiger partial charge in [-0.25, -0.2) is 0 Å². The third-order valence-corrected chi connectivity index (χ3v) is 3.42. The van der Waals surface area contributed by atoms with Crippen LogP contribution in [0.3, 0.4) is 0 Å². The molecule has 0 unspecified atom stereocenters. The van der Waals surface area contributed by atoms with Crippen molar-refractivity contribution >= 4 is 46.4 Å². The Hall–Kier alpha value is -1.16. The van der Waals surface area contributed by atoms with Crippen molar-refractivity contribution in [2.45, 2.75) is 6.04 Å². The first kappa shape index (κ1) is 13.3. The molecule has 0 saturated carbocycles. The van der Waals surface area contributed by atoms with Crippen LogP contribution >= 0.6 is 35.0 Å². The van der Waals surface area contributed by atoms with Crippen LogP contribution in [0.25, 0.3) is 0 Å². The first-order valence-corrected chi connectivity index (χ1v) is 6.12. The zero-order chi connectivity index (χ0) is 13.3. The summed E-state index contributed by atoms with van der Waals surface area (Å²) < 4.78 is 1.37. The number of nitrogens with zero attached hydrogens (tertiary/aromatic N) is 1. The molecule has 0 atom stereocenters. The van der Waals surface area contributed by atoms with Crippen molar-refractivity contribution in [1.82, 2.24) is 0 Å². The van der Waals surface area contributed by atoms with Crippen LogP contribution in [0, 0.1) is 0 Å². The second-order valence-corrected chi connectivity index (χ2v) is 4.86. The molecule has 1 N–H and O–H groups in total. The van der Waals surface area contributed by atoms with Crippen molar-refractivity contribution in [3.05, 3.63) is 46.5 Å². The van der Waals surface area contributed by atoms with Crippen molar-refractivity contribution in [1.29, 1.82) is 0 Å². The lowest BCUT2D eigenvalue weighted by Crippen LogP contribution is -2.24. The summed E-state index contributed by atoms with van der Waals surface area (Å²) in [4.78, 5) is 11.0. The van der Waals surface area contributed by atoms with E-state index in [1.807, 2.05) is 0 Å². The van der Waals surface area contributed by atoms with Crippen LogP contribution in [0.4, 0.5) is 5.69 Å². The van der Waals surface area contributed by atoms with Crippen LogP contribution in [0.1, 0.15) is 0 Å². The minimum atomic E-state index is -0.277. The molecule has 0 saturated heterocycles. The number of anilines is 1. The average molecular weight is 305 g/mol. The maximum Gasteiger partial charge on any atom is 0.178 e. The lowest BCUT2D eigenvalue weighted by Gasteiger charge is -2.23. The third-order valence-electron chi connectivity index (χ3n) is 2.43. The number of carbonyl (C=O) groups excluding carboxylic acids is 1. The van der Waals surface area contributed by atoms with Gasteiger partial charge in [0, 0.05) is 11.8 Å². The topological polar surface area (TPSA) is 40.5 Å². The van der Waals surface area contributed by atoms with Gasteiger partial charge in [-0.3, -0.25) is 9.21 Å². The summed E-state index contributed by atoms with van der Waals surface area (Å²) in [5, 5.41) is 9.69. The van der Waals surface area contributed by atoms with Crippen LogP contribution in [-0.4, -0.2) is 16.9 Å². The summed E-state index contributed by atoms with van der Waals surface area (Å²) in [6.07, 6.45) is 6.18. The Morgan fingerprint density at radius 3 is 2.11 bits per heavy atom. The number of benzene rings is 1. The maximum absolute atomic E-state index is 11.0. The smallest absolute Gasteiger partial charge is 0.178 e. The molecule has 1 aliphatic carbocycles. The Kier molecular flexibility index (Phi) is 3.85. The minimum absolute atomic E-state index is 0.0851. The highest BCUT2D eigenvalue weighted by atomic mass is 35.5. The standard InChI is InChI=1S/C12H8Cl3NO2/c13-10-5-8(6-11(14)12(10)18)16(15)7-1-3-9(17)4-2-7/h1-7,18H. The van der Waals surface area contributed by atoms with Gasteiger partial charge < -0.3 is 5.11 Å². The Morgan fingerprint density at radius 2 is 1.61 bits per heavy atom. The normalized spacial score (nSPS) is 15.2. The lowest BCUT2D eigenvalue weighted by molar-refractivity contribution is -0.110. The molecule has 3 nitrogen and oxygen atoms in total. The fourth-order valence-electron chi connectivity index (χ4n) is 1.51. The van der Waals surface area contributed by atoms with Gasteiger partial charge in [-0.05, 0) is 24.3 Å². The number of phenolic OH excluding ortho intramolecular Hbond substituents is 1. The van der Waals surface area contributed by atoms with Gasteiger partial charge in [-0.1, -0.05) is 35.4 Å². The first-order valence-electron chi connectivity index (χ1n) is 5.02. The highest BCUT2D eigenvalue weighted by Crippen LogP contribution is 2.37. The number of phenols is 1. The molecule has 0 radical (unpaired) electrons. The highest BCUT2D eigenvalue weighted by molar-refractivity contribution is 6.38. The molecule has 1 aliphatic rings. The highest BCUT2D eigenvalue weighted by Gasteiger charge is 2.17. The van der Waals surface area contributed by atoms with Gasteiger partial charge in [0.15, 0.2) is 11.5 Å². The van der Waals surface area contributed by atoms with Gasteiger partial charge in [0.2, 0.25) is 0 Å². The van der Waals surface area contributed by atoms with Crippen molar-refractivity contribution < 1.29 is 9.90 Å². The van der Waals surface area contributed by atoms with E-state index in [9.17, 15) is 9.90 Å². The average Bonchev–Trinajstić information content (AvgIpc) is 2.35. The molecule has 0 amide bonds. The van der Waals surface area contributed by atoms with Gasteiger partial charge >= 0.3 is 0 Å². The molecular weight excluding hydrogens is 296 g/mol. The molecule has 0 aliphatic heterocycles. The molecule has 2 rings (SSSR count). The van der Waals surface area contributed by atoms with Crippen LogP contribution in [0.15, 0.2) is 36.4 Å². The summed E-state index contributed by atoms with van der Waals surface area (Å²) in [7, 11) is 0. The molecule has 0 fully saturated rings. The van der Waals surface area contributed by atoms with Gasteiger partial charge in [-0.2, -0.15) is 0 Å². The quantitative estimate of drug-likeness (QED) is 0.847. The second kappa shape index (κ2) is 5.22. The molecule has 18 heavy (non-hydrogen) atoms. The predicted octanol–water partition coefficient (Wildman–Crippen LogP) is 3.72. The van der Waals surface area contributed by atoms with Crippen molar-refractivity contribution in [3.8, 4) is 5.75 Å². The number of ketones is 1.